The van der Waals surface area contributed by atoms with Crippen molar-refractivity contribution in [2.24, 2.45) is 0 Å². The number of methoxy groups -OCH3 is 1. The molecule has 148 valence electrons. The normalized spacial score (nSPS) is 18.1. The van der Waals surface area contributed by atoms with Crippen LogP contribution in [-0.4, -0.2) is 39.7 Å². The SMILES string of the molecule is COc1ccc(CN2CCC(c3cc4nc(C)cc(C(F)(F)F)n4n3)C2)cc1. The van der Waals surface area contributed by atoms with Crippen LogP contribution in [0.4, 0.5) is 13.2 Å². The zero-order chi connectivity index (χ0) is 19.9. The highest BCUT2D eigenvalue weighted by molar-refractivity contribution is 5.43. The Morgan fingerprint density at radius 2 is 1.93 bits per heavy atom. The number of hydrogen-bond acceptors (Lipinski definition) is 4. The summed E-state index contributed by atoms with van der Waals surface area (Å²) >= 11 is 0. The first kappa shape index (κ1) is 18.7. The molecule has 0 radical (unpaired) electrons. The van der Waals surface area contributed by atoms with Gasteiger partial charge in [-0.1, -0.05) is 12.1 Å². The average molecular weight is 390 g/mol. The van der Waals surface area contributed by atoms with Gasteiger partial charge in [-0.3, -0.25) is 4.90 Å². The number of fused-ring (bicyclic) bond motifs is 1. The van der Waals surface area contributed by atoms with Gasteiger partial charge in [0.2, 0.25) is 0 Å². The van der Waals surface area contributed by atoms with Crippen LogP contribution in [0.1, 0.15) is 35.0 Å². The number of likely N-dealkylation sites (tertiary alicyclic amines) is 1. The molecule has 1 fully saturated rings. The Kier molecular flexibility index (Phi) is 4.74. The minimum atomic E-state index is -4.47. The lowest BCUT2D eigenvalue weighted by atomic mass is 10.1. The largest absolute Gasteiger partial charge is 0.497 e. The minimum Gasteiger partial charge on any atom is -0.497 e. The summed E-state index contributed by atoms with van der Waals surface area (Å²) < 4.78 is 46.1. The Labute approximate surface area is 160 Å². The summed E-state index contributed by atoms with van der Waals surface area (Å²) in [6.45, 7) is 3.99. The zero-order valence-corrected chi connectivity index (χ0v) is 15.7. The van der Waals surface area contributed by atoms with Crippen LogP contribution >= 0.6 is 0 Å². The van der Waals surface area contributed by atoms with E-state index in [0.717, 1.165) is 42.4 Å². The molecule has 1 aliphatic heterocycles. The van der Waals surface area contributed by atoms with E-state index >= 15 is 0 Å². The molecule has 1 saturated heterocycles. The van der Waals surface area contributed by atoms with Gasteiger partial charge in [-0.05, 0) is 43.7 Å². The van der Waals surface area contributed by atoms with E-state index in [-0.39, 0.29) is 11.6 Å². The molecule has 4 rings (SSSR count). The smallest absolute Gasteiger partial charge is 0.433 e. The molecule has 8 heteroatoms. The van der Waals surface area contributed by atoms with Gasteiger partial charge in [0.1, 0.15) is 11.4 Å². The number of aryl methyl sites for hydroxylation is 1. The summed E-state index contributed by atoms with van der Waals surface area (Å²) in [4.78, 5) is 6.51. The van der Waals surface area contributed by atoms with Gasteiger partial charge in [-0.2, -0.15) is 18.3 Å². The van der Waals surface area contributed by atoms with Crippen LogP contribution in [0.25, 0.3) is 5.65 Å². The molecule has 28 heavy (non-hydrogen) atoms. The second-order valence-electron chi connectivity index (χ2n) is 7.19. The van der Waals surface area contributed by atoms with Crippen LogP contribution in [0.15, 0.2) is 36.4 Å². The highest BCUT2D eigenvalue weighted by atomic mass is 19.4. The van der Waals surface area contributed by atoms with Crippen LogP contribution in [-0.2, 0) is 12.7 Å². The van der Waals surface area contributed by atoms with Crippen LogP contribution in [0, 0.1) is 6.92 Å². The zero-order valence-electron chi connectivity index (χ0n) is 15.7. The third-order valence-corrected chi connectivity index (χ3v) is 5.12. The van der Waals surface area contributed by atoms with Gasteiger partial charge < -0.3 is 4.74 Å². The maximum absolute atomic E-state index is 13.3. The van der Waals surface area contributed by atoms with Crippen molar-refractivity contribution in [1.29, 1.82) is 0 Å². The number of benzene rings is 1. The Balaban J connectivity index is 1.53. The number of nitrogens with zero attached hydrogens (tertiary/aromatic N) is 4. The maximum atomic E-state index is 13.3. The Morgan fingerprint density at radius 3 is 2.61 bits per heavy atom. The molecule has 0 spiro atoms. The fourth-order valence-corrected chi connectivity index (χ4v) is 3.73. The van der Waals surface area contributed by atoms with Crippen LogP contribution in [0.5, 0.6) is 5.75 Å². The molecule has 3 heterocycles. The molecule has 3 aromatic rings. The molecular weight excluding hydrogens is 369 g/mol. The van der Waals surface area contributed by atoms with Gasteiger partial charge in [-0.15, -0.1) is 0 Å². The standard InChI is InChI=1S/C20H21F3N4O/c1-13-9-18(20(21,22)23)27-19(24-13)10-17(25-27)15-7-8-26(12-15)11-14-3-5-16(28-2)6-4-14/h3-6,9-10,15H,7-8,11-12H2,1-2H3. The number of halogens is 3. The van der Waals surface area contributed by atoms with Crippen molar-refractivity contribution in [2.45, 2.75) is 32.0 Å². The van der Waals surface area contributed by atoms with Crippen LogP contribution < -0.4 is 4.74 Å². The Hall–Kier alpha value is -2.61. The molecule has 2 aromatic heterocycles. The van der Waals surface area contributed by atoms with Gasteiger partial charge in [0.25, 0.3) is 0 Å². The Morgan fingerprint density at radius 1 is 1.18 bits per heavy atom. The van der Waals surface area contributed by atoms with Crippen molar-refractivity contribution >= 4 is 5.65 Å². The molecular formula is C20H21F3N4O. The monoisotopic (exact) mass is 390 g/mol. The van der Waals surface area contributed by atoms with Crippen molar-refractivity contribution in [1.82, 2.24) is 19.5 Å². The lowest BCUT2D eigenvalue weighted by Gasteiger charge is -2.15. The van der Waals surface area contributed by atoms with Crippen molar-refractivity contribution < 1.29 is 17.9 Å². The maximum Gasteiger partial charge on any atom is 0.433 e. The topological polar surface area (TPSA) is 42.7 Å². The molecule has 5 nitrogen and oxygen atoms in total. The second kappa shape index (κ2) is 7.09. The van der Waals surface area contributed by atoms with E-state index in [1.807, 2.05) is 24.3 Å². The van der Waals surface area contributed by atoms with Gasteiger partial charge >= 0.3 is 6.18 Å². The summed E-state index contributed by atoms with van der Waals surface area (Å²) in [6, 6.07) is 10.6. The minimum absolute atomic E-state index is 0.0985. The van der Waals surface area contributed by atoms with Crippen molar-refractivity contribution in [3.8, 4) is 5.75 Å². The highest BCUT2D eigenvalue weighted by Gasteiger charge is 2.35. The van der Waals surface area contributed by atoms with Gasteiger partial charge in [0.05, 0.1) is 12.8 Å². The van der Waals surface area contributed by atoms with E-state index in [4.69, 9.17) is 4.74 Å². The molecule has 1 aromatic carbocycles. The van der Waals surface area contributed by atoms with Crippen molar-refractivity contribution in [3.63, 3.8) is 0 Å². The molecule has 0 saturated carbocycles. The molecule has 1 atom stereocenters. The van der Waals surface area contributed by atoms with Crippen LogP contribution in [0.3, 0.4) is 0 Å². The predicted molar refractivity (Wildman–Crippen MR) is 98.4 cm³/mol. The van der Waals surface area contributed by atoms with E-state index in [1.165, 1.54) is 5.56 Å². The summed E-state index contributed by atoms with van der Waals surface area (Å²) in [5, 5.41) is 4.26. The number of alkyl halides is 3. The molecule has 0 N–H and O–H groups in total. The van der Waals surface area contributed by atoms with E-state index in [2.05, 4.69) is 15.0 Å². The summed E-state index contributed by atoms with van der Waals surface area (Å²) in [7, 11) is 1.63. The number of aromatic nitrogens is 3. The van der Waals surface area contributed by atoms with Crippen LogP contribution in [0.2, 0.25) is 0 Å². The van der Waals surface area contributed by atoms with Crippen molar-refractivity contribution in [3.05, 3.63) is 59.0 Å². The first-order chi connectivity index (χ1) is 13.3. The fourth-order valence-electron chi connectivity index (χ4n) is 3.73. The molecule has 0 amide bonds. The summed E-state index contributed by atoms with van der Waals surface area (Å²) in [5.74, 6) is 0.914. The number of hydrogen-bond donors (Lipinski definition) is 0. The van der Waals surface area contributed by atoms with Crippen molar-refractivity contribution in [2.75, 3.05) is 20.2 Å². The Bertz CT molecular complexity index is 982. The van der Waals surface area contributed by atoms with E-state index in [0.29, 0.717) is 11.4 Å². The molecule has 1 unspecified atom stereocenters. The van der Waals surface area contributed by atoms with E-state index in [1.54, 1.807) is 20.1 Å². The summed E-state index contributed by atoms with van der Waals surface area (Å²) in [5.41, 5.74) is 1.64. The predicted octanol–water partition coefficient (Wildman–Crippen LogP) is 4.05. The molecule has 0 aliphatic carbocycles. The quantitative estimate of drug-likeness (QED) is 0.674. The summed E-state index contributed by atoms with van der Waals surface area (Å²) in [6.07, 6.45) is -3.61. The first-order valence-electron chi connectivity index (χ1n) is 9.13. The lowest BCUT2D eigenvalue weighted by Crippen LogP contribution is -2.19. The van der Waals surface area contributed by atoms with Gasteiger partial charge in [-0.25, -0.2) is 9.50 Å². The third-order valence-electron chi connectivity index (χ3n) is 5.12. The number of rotatable bonds is 4. The lowest BCUT2D eigenvalue weighted by molar-refractivity contribution is -0.142. The molecule has 0 bridgehead atoms. The molecule has 1 aliphatic rings. The number of ether oxygens (including phenoxy) is 1. The van der Waals surface area contributed by atoms with E-state index in [9.17, 15) is 13.2 Å². The van der Waals surface area contributed by atoms with E-state index < -0.39 is 11.9 Å². The highest BCUT2D eigenvalue weighted by Crippen LogP contribution is 2.32. The van der Waals surface area contributed by atoms with Gasteiger partial charge in [0, 0.05) is 30.8 Å². The fraction of sp³-hybridized carbons (Fsp3) is 0.400. The average Bonchev–Trinajstić information content (AvgIpc) is 3.27. The third kappa shape index (κ3) is 3.69. The first-order valence-corrected chi connectivity index (χ1v) is 9.13. The second-order valence-corrected chi connectivity index (χ2v) is 7.19. The van der Waals surface area contributed by atoms with Gasteiger partial charge in [0.15, 0.2) is 5.65 Å².